The molecule has 1 aromatic carbocycles. The van der Waals surface area contributed by atoms with E-state index in [0.717, 1.165) is 11.3 Å². The minimum atomic E-state index is -3.98. The maximum atomic E-state index is 12.2. The molecule has 0 atom stereocenters. The number of carbonyl (C=O) groups excluding carboxylic acids is 1. The Bertz CT molecular complexity index is 816. The van der Waals surface area contributed by atoms with E-state index >= 15 is 0 Å². The zero-order valence-electron chi connectivity index (χ0n) is 11.0. The summed E-state index contributed by atoms with van der Waals surface area (Å²) in [4.78, 5) is 16.1. The lowest BCUT2D eigenvalue weighted by Gasteiger charge is -2.07. The van der Waals surface area contributed by atoms with Gasteiger partial charge in [0.2, 0.25) is 0 Å². The summed E-state index contributed by atoms with van der Waals surface area (Å²) in [5, 5.41) is 1.03. The average molecular weight is 365 g/mol. The molecule has 112 valence electrons. The molecule has 0 unspecified atom stereocenters. The average Bonchev–Trinajstić information content (AvgIpc) is 2.68. The maximum Gasteiger partial charge on any atom is 0.275 e. The van der Waals surface area contributed by atoms with Crippen molar-refractivity contribution in [3.05, 3.63) is 44.5 Å². The normalized spacial score (nSPS) is 11.4. The van der Waals surface area contributed by atoms with Crippen LogP contribution in [0.2, 0.25) is 10.0 Å². The number of hydrogen-bond acceptors (Lipinski definition) is 5. The highest BCUT2D eigenvalue weighted by Crippen LogP contribution is 2.24. The van der Waals surface area contributed by atoms with Gasteiger partial charge in [0.15, 0.2) is 4.21 Å². The van der Waals surface area contributed by atoms with Crippen LogP contribution < -0.4 is 4.72 Å². The van der Waals surface area contributed by atoms with E-state index in [0.29, 0.717) is 15.7 Å². The molecule has 21 heavy (non-hydrogen) atoms. The van der Waals surface area contributed by atoms with Gasteiger partial charge in [-0.1, -0.05) is 23.2 Å². The maximum absolute atomic E-state index is 12.2. The van der Waals surface area contributed by atoms with Crippen LogP contribution in [0.3, 0.4) is 0 Å². The Morgan fingerprint density at radius 3 is 2.48 bits per heavy atom. The van der Waals surface area contributed by atoms with E-state index in [1.54, 1.807) is 13.8 Å². The van der Waals surface area contributed by atoms with Crippen LogP contribution in [0.4, 0.5) is 0 Å². The summed E-state index contributed by atoms with van der Waals surface area (Å²) in [6.07, 6.45) is 0. The fourth-order valence-corrected chi connectivity index (χ4v) is 4.60. The second-order valence-corrected chi connectivity index (χ2v) is 8.09. The molecule has 9 heteroatoms. The molecule has 0 fully saturated rings. The van der Waals surface area contributed by atoms with Gasteiger partial charge in [0.1, 0.15) is 0 Å². The van der Waals surface area contributed by atoms with Crippen molar-refractivity contribution in [3.63, 3.8) is 0 Å². The second kappa shape index (κ2) is 5.92. The molecule has 0 bridgehead atoms. The van der Waals surface area contributed by atoms with Crippen molar-refractivity contribution in [2.45, 2.75) is 18.1 Å². The number of thiazole rings is 1. The smallest absolute Gasteiger partial charge is 0.268 e. The molecule has 2 rings (SSSR count). The largest absolute Gasteiger partial charge is 0.275 e. The third kappa shape index (κ3) is 3.55. The van der Waals surface area contributed by atoms with Crippen molar-refractivity contribution in [1.29, 1.82) is 0 Å². The van der Waals surface area contributed by atoms with Crippen LogP contribution in [0.15, 0.2) is 22.4 Å². The number of aromatic nitrogens is 1. The summed E-state index contributed by atoms with van der Waals surface area (Å²) in [6.45, 7) is 3.26. The molecule has 0 saturated carbocycles. The highest BCUT2D eigenvalue weighted by molar-refractivity contribution is 7.92. The molecule has 1 N–H and O–H groups in total. The first-order valence-electron chi connectivity index (χ1n) is 5.67. The van der Waals surface area contributed by atoms with Gasteiger partial charge in [0.25, 0.3) is 15.9 Å². The number of nitrogens with zero attached hydrogens (tertiary/aromatic N) is 1. The Labute approximate surface area is 136 Å². The molecule has 0 aliphatic heterocycles. The van der Waals surface area contributed by atoms with Crippen LogP contribution in [0.5, 0.6) is 0 Å². The highest BCUT2D eigenvalue weighted by atomic mass is 35.5. The topological polar surface area (TPSA) is 76.1 Å². The minimum Gasteiger partial charge on any atom is -0.268 e. The van der Waals surface area contributed by atoms with Crippen LogP contribution in [-0.2, 0) is 10.0 Å². The Balaban J connectivity index is 2.32. The van der Waals surface area contributed by atoms with Gasteiger partial charge in [-0.25, -0.2) is 18.1 Å². The van der Waals surface area contributed by atoms with Gasteiger partial charge in [0, 0.05) is 5.02 Å². The van der Waals surface area contributed by atoms with E-state index in [9.17, 15) is 13.2 Å². The van der Waals surface area contributed by atoms with E-state index in [-0.39, 0.29) is 14.8 Å². The number of rotatable bonds is 3. The summed E-state index contributed by atoms with van der Waals surface area (Å²) >= 11 is 12.6. The van der Waals surface area contributed by atoms with Crippen LogP contribution >= 0.6 is 34.5 Å². The number of nitrogens with one attached hydrogen (secondary N) is 1. The van der Waals surface area contributed by atoms with Crippen LogP contribution in [0, 0.1) is 13.8 Å². The molecular weight excluding hydrogens is 355 g/mol. The molecule has 1 heterocycles. The van der Waals surface area contributed by atoms with Crippen LogP contribution in [0.25, 0.3) is 0 Å². The van der Waals surface area contributed by atoms with Crippen molar-refractivity contribution in [1.82, 2.24) is 9.71 Å². The molecule has 0 aliphatic rings. The number of sulfonamides is 1. The lowest BCUT2D eigenvalue weighted by Crippen LogP contribution is -2.30. The lowest BCUT2D eigenvalue weighted by molar-refractivity contribution is 0.0981. The summed E-state index contributed by atoms with van der Waals surface area (Å²) in [5.41, 5.74) is 0.378. The molecule has 5 nitrogen and oxygen atoms in total. The van der Waals surface area contributed by atoms with Gasteiger partial charge in [-0.3, -0.25) is 4.79 Å². The number of aryl methyl sites for hydroxylation is 2. The monoisotopic (exact) mass is 364 g/mol. The van der Waals surface area contributed by atoms with E-state index in [2.05, 4.69) is 4.98 Å². The fourth-order valence-electron chi connectivity index (χ4n) is 1.66. The summed E-state index contributed by atoms with van der Waals surface area (Å²) in [7, 11) is -3.98. The van der Waals surface area contributed by atoms with Gasteiger partial charge in [-0.2, -0.15) is 0 Å². The van der Waals surface area contributed by atoms with Crippen molar-refractivity contribution >= 4 is 50.5 Å². The number of carbonyl (C=O) groups is 1. The first kappa shape index (κ1) is 16.2. The van der Waals surface area contributed by atoms with Gasteiger partial charge >= 0.3 is 0 Å². The Morgan fingerprint density at radius 2 is 1.95 bits per heavy atom. The molecule has 1 aromatic heterocycles. The van der Waals surface area contributed by atoms with Crippen molar-refractivity contribution < 1.29 is 13.2 Å². The third-order valence-corrected chi connectivity index (χ3v) is 6.07. The lowest BCUT2D eigenvalue weighted by atomic mass is 10.2. The Morgan fingerprint density at radius 1 is 1.29 bits per heavy atom. The SMILES string of the molecule is Cc1nc(C)c(S(=O)(=O)NC(=O)c2ccc(Cl)cc2Cl)s1. The van der Waals surface area contributed by atoms with Gasteiger partial charge in [0.05, 0.1) is 21.3 Å². The number of halogens is 2. The molecule has 0 radical (unpaired) electrons. The van der Waals surface area contributed by atoms with Crippen LogP contribution in [0.1, 0.15) is 21.1 Å². The first-order valence-corrected chi connectivity index (χ1v) is 8.72. The zero-order chi connectivity index (χ0) is 15.8. The number of benzene rings is 1. The predicted molar refractivity (Wildman–Crippen MR) is 82.7 cm³/mol. The van der Waals surface area contributed by atoms with E-state index in [4.69, 9.17) is 23.2 Å². The first-order chi connectivity index (χ1) is 9.70. The molecule has 2 aromatic rings. The van der Waals surface area contributed by atoms with Gasteiger partial charge in [-0.15, -0.1) is 11.3 Å². The molecule has 0 spiro atoms. The third-order valence-electron chi connectivity index (χ3n) is 2.51. The van der Waals surface area contributed by atoms with E-state index in [1.165, 1.54) is 18.2 Å². The molecular formula is C12H10Cl2N2O3S2. The van der Waals surface area contributed by atoms with Crippen molar-refractivity contribution in [3.8, 4) is 0 Å². The van der Waals surface area contributed by atoms with Gasteiger partial charge < -0.3 is 0 Å². The van der Waals surface area contributed by atoms with Crippen molar-refractivity contribution in [2.24, 2.45) is 0 Å². The molecule has 0 saturated heterocycles. The Kier molecular flexibility index (Phi) is 4.57. The zero-order valence-corrected chi connectivity index (χ0v) is 14.1. The summed E-state index contributed by atoms with van der Waals surface area (Å²) in [5.74, 6) is -0.817. The summed E-state index contributed by atoms with van der Waals surface area (Å²) in [6, 6.07) is 4.18. The van der Waals surface area contributed by atoms with E-state index < -0.39 is 15.9 Å². The summed E-state index contributed by atoms with van der Waals surface area (Å²) < 4.78 is 26.4. The Hall–Kier alpha value is -1.15. The fraction of sp³-hybridized carbons (Fsp3) is 0.167. The quantitative estimate of drug-likeness (QED) is 0.906. The highest BCUT2D eigenvalue weighted by Gasteiger charge is 2.24. The van der Waals surface area contributed by atoms with Crippen molar-refractivity contribution in [2.75, 3.05) is 0 Å². The van der Waals surface area contributed by atoms with E-state index in [1.807, 2.05) is 4.72 Å². The standard InChI is InChI=1S/C12H10Cl2N2O3S2/c1-6-12(20-7(2)15-6)21(18,19)16-11(17)9-4-3-8(13)5-10(9)14/h3-5H,1-2H3,(H,16,17). The predicted octanol–water partition coefficient (Wildman–Crippen LogP) is 3.19. The molecule has 0 aliphatic carbocycles. The minimum absolute atomic E-state index is 0.0124. The second-order valence-electron chi connectivity index (χ2n) is 4.16. The molecule has 1 amide bonds. The number of amides is 1. The number of hydrogen-bond donors (Lipinski definition) is 1. The van der Waals surface area contributed by atoms with Crippen LogP contribution in [-0.4, -0.2) is 19.3 Å². The van der Waals surface area contributed by atoms with Gasteiger partial charge in [-0.05, 0) is 32.0 Å².